The van der Waals surface area contributed by atoms with Crippen molar-refractivity contribution in [2.24, 2.45) is 9.98 Å². The first-order valence-electron chi connectivity index (χ1n) is 13.2. The van der Waals surface area contributed by atoms with Gasteiger partial charge in [-0.05, 0) is 42.7 Å². The van der Waals surface area contributed by atoms with Crippen LogP contribution in [0.5, 0.6) is 11.5 Å². The lowest BCUT2D eigenvalue weighted by molar-refractivity contribution is -0.128. The lowest BCUT2D eigenvalue weighted by Gasteiger charge is -2.26. The summed E-state index contributed by atoms with van der Waals surface area (Å²) in [6.07, 6.45) is 5.40. The summed E-state index contributed by atoms with van der Waals surface area (Å²) >= 11 is 1.22. The summed E-state index contributed by atoms with van der Waals surface area (Å²) in [7, 11) is 0. The largest absolute Gasteiger partial charge is 0.454 e. The van der Waals surface area contributed by atoms with Gasteiger partial charge >= 0.3 is 0 Å². The standard InChI is InChI=1S/C28H29N5O5S/c34-24(29-14-17-10-11-22-23(12-17)38-16-37-22)13-21-27(36)33-26(31-21)19-8-4-5-9-20(19)32-28(33)39-15-25(35)30-18-6-2-1-3-7-18/h4-5,8-12,18,21H,1-3,6-7,13-16H2,(H,29,34)(H,30,35). The molecule has 0 saturated heterocycles. The number of amides is 3. The number of thioether (sulfide) groups is 1. The van der Waals surface area contributed by atoms with Crippen LogP contribution in [0.1, 0.15) is 49.7 Å². The van der Waals surface area contributed by atoms with Crippen molar-refractivity contribution in [1.29, 1.82) is 0 Å². The number of amidine groups is 2. The molecule has 1 unspecified atom stereocenters. The van der Waals surface area contributed by atoms with Gasteiger partial charge in [-0.25, -0.2) is 9.89 Å². The smallest absolute Gasteiger partial charge is 0.259 e. The normalized spacial score (nSPS) is 19.6. The fourth-order valence-electron chi connectivity index (χ4n) is 5.18. The van der Waals surface area contributed by atoms with E-state index in [-0.39, 0.29) is 49.3 Å². The highest BCUT2D eigenvalue weighted by atomic mass is 32.2. The molecule has 3 aliphatic heterocycles. The van der Waals surface area contributed by atoms with Gasteiger partial charge in [-0.3, -0.25) is 19.4 Å². The quantitative estimate of drug-likeness (QED) is 0.549. The van der Waals surface area contributed by atoms with Crippen molar-refractivity contribution < 1.29 is 23.9 Å². The van der Waals surface area contributed by atoms with E-state index in [4.69, 9.17) is 9.47 Å². The van der Waals surface area contributed by atoms with Crippen LogP contribution < -0.4 is 20.1 Å². The molecule has 0 aromatic heterocycles. The predicted octanol–water partition coefficient (Wildman–Crippen LogP) is 3.26. The summed E-state index contributed by atoms with van der Waals surface area (Å²) in [6.45, 7) is 0.474. The van der Waals surface area contributed by atoms with Gasteiger partial charge in [0.1, 0.15) is 11.9 Å². The van der Waals surface area contributed by atoms with Gasteiger partial charge in [-0.15, -0.1) is 0 Å². The van der Waals surface area contributed by atoms with Crippen LogP contribution in [0.2, 0.25) is 0 Å². The third-order valence-electron chi connectivity index (χ3n) is 7.16. The summed E-state index contributed by atoms with van der Waals surface area (Å²) in [5.74, 6) is 1.25. The Bertz CT molecular complexity index is 1370. The molecule has 3 amide bonds. The Morgan fingerprint density at radius 2 is 1.85 bits per heavy atom. The molecule has 10 nitrogen and oxygen atoms in total. The van der Waals surface area contributed by atoms with Crippen LogP contribution in [-0.4, -0.2) is 58.3 Å². The molecule has 3 heterocycles. The van der Waals surface area contributed by atoms with Crippen molar-refractivity contribution in [3.8, 4) is 11.5 Å². The Labute approximate surface area is 230 Å². The summed E-state index contributed by atoms with van der Waals surface area (Å²) in [5, 5.41) is 6.38. The molecule has 202 valence electrons. The third kappa shape index (κ3) is 5.49. The fraction of sp³-hybridized carbons (Fsp3) is 0.393. The summed E-state index contributed by atoms with van der Waals surface area (Å²) in [4.78, 5) is 49.7. The molecule has 0 bridgehead atoms. The van der Waals surface area contributed by atoms with Crippen LogP contribution in [0.4, 0.5) is 5.69 Å². The van der Waals surface area contributed by atoms with Crippen molar-refractivity contribution >= 4 is 46.2 Å². The lowest BCUT2D eigenvalue weighted by Crippen LogP contribution is -2.43. The van der Waals surface area contributed by atoms with E-state index in [1.54, 1.807) is 6.07 Å². The highest BCUT2D eigenvalue weighted by molar-refractivity contribution is 8.14. The molecular formula is C28H29N5O5S. The van der Waals surface area contributed by atoms with E-state index < -0.39 is 6.04 Å². The van der Waals surface area contributed by atoms with Gasteiger partial charge < -0.3 is 20.1 Å². The van der Waals surface area contributed by atoms with Crippen LogP contribution >= 0.6 is 11.8 Å². The minimum Gasteiger partial charge on any atom is -0.454 e. The first-order valence-corrected chi connectivity index (χ1v) is 14.2. The topological polar surface area (TPSA) is 122 Å². The Kier molecular flexibility index (Phi) is 7.23. The van der Waals surface area contributed by atoms with Gasteiger partial charge in [0.25, 0.3) is 5.91 Å². The molecule has 11 heteroatoms. The van der Waals surface area contributed by atoms with Gasteiger partial charge in [-0.1, -0.05) is 49.2 Å². The maximum Gasteiger partial charge on any atom is 0.259 e. The molecule has 0 radical (unpaired) electrons. The molecule has 1 saturated carbocycles. The molecule has 1 fully saturated rings. The van der Waals surface area contributed by atoms with Crippen LogP contribution in [0.15, 0.2) is 52.4 Å². The van der Waals surface area contributed by atoms with E-state index in [1.807, 2.05) is 36.4 Å². The summed E-state index contributed by atoms with van der Waals surface area (Å²) in [6, 6.07) is 12.3. The number of nitrogens with one attached hydrogen (secondary N) is 2. The second-order valence-electron chi connectivity index (χ2n) is 9.91. The van der Waals surface area contributed by atoms with E-state index in [0.29, 0.717) is 28.2 Å². The van der Waals surface area contributed by atoms with Gasteiger partial charge in [-0.2, -0.15) is 0 Å². The fourth-order valence-corrected chi connectivity index (χ4v) is 5.99. The number of hydrogen-bond acceptors (Lipinski definition) is 8. The Balaban J connectivity index is 1.11. The zero-order chi connectivity index (χ0) is 26.8. The lowest BCUT2D eigenvalue weighted by atomic mass is 9.95. The van der Waals surface area contributed by atoms with Gasteiger partial charge in [0, 0.05) is 18.2 Å². The van der Waals surface area contributed by atoms with E-state index in [2.05, 4.69) is 20.6 Å². The second-order valence-corrected chi connectivity index (χ2v) is 10.9. The van der Waals surface area contributed by atoms with Crippen molar-refractivity contribution in [3.05, 3.63) is 53.6 Å². The van der Waals surface area contributed by atoms with E-state index in [0.717, 1.165) is 36.8 Å². The van der Waals surface area contributed by atoms with Crippen molar-refractivity contribution in [2.45, 2.75) is 57.2 Å². The van der Waals surface area contributed by atoms with E-state index in [1.165, 1.54) is 23.1 Å². The number of fused-ring (bicyclic) bond motifs is 4. The van der Waals surface area contributed by atoms with Gasteiger partial charge in [0.15, 0.2) is 16.7 Å². The summed E-state index contributed by atoms with van der Waals surface area (Å²) < 4.78 is 10.7. The number of benzene rings is 2. The van der Waals surface area contributed by atoms with Gasteiger partial charge in [0.05, 0.1) is 17.9 Å². The highest BCUT2D eigenvalue weighted by Gasteiger charge is 2.42. The Hall–Kier alpha value is -3.86. The molecule has 1 atom stereocenters. The molecule has 6 rings (SSSR count). The number of nitrogens with zero attached hydrogens (tertiary/aromatic N) is 3. The first kappa shape index (κ1) is 25.4. The average molecular weight is 548 g/mol. The first-order chi connectivity index (χ1) is 19.0. The van der Waals surface area contributed by atoms with E-state index in [9.17, 15) is 14.4 Å². The number of ether oxygens (including phenoxy) is 2. The van der Waals surface area contributed by atoms with Gasteiger partial charge in [0.2, 0.25) is 18.6 Å². The van der Waals surface area contributed by atoms with Crippen LogP contribution in [-0.2, 0) is 20.9 Å². The molecule has 0 spiro atoms. The molecule has 2 aromatic carbocycles. The highest BCUT2D eigenvalue weighted by Crippen LogP contribution is 2.34. The number of carbonyl (C=O) groups excluding carboxylic acids is 3. The Morgan fingerprint density at radius 1 is 1.03 bits per heavy atom. The third-order valence-corrected chi connectivity index (χ3v) is 8.09. The van der Waals surface area contributed by atoms with Crippen LogP contribution in [0.25, 0.3) is 0 Å². The molecule has 39 heavy (non-hydrogen) atoms. The molecule has 2 aromatic rings. The monoisotopic (exact) mass is 547 g/mol. The Morgan fingerprint density at radius 3 is 2.72 bits per heavy atom. The van der Waals surface area contributed by atoms with Crippen molar-refractivity contribution in [3.63, 3.8) is 0 Å². The number of hydrogen-bond donors (Lipinski definition) is 2. The van der Waals surface area contributed by atoms with Crippen LogP contribution in [0.3, 0.4) is 0 Å². The SMILES string of the molecule is O=C(CC1N=C2c3ccccc3N=C(SCC(=O)NC3CCCCC3)N2C1=O)NCc1ccc2c(c1)OCO2. The zero-order valence-electron chi connectivity index (χ0n) is 21.4. The number of para-hydroxylation sites is 1. The molecule has 2 N–H and O–H groups in total. The summed E-state index contributed by atoms with van der Waals surface area (Å²) in [5.41, 5.74) is 2.27. The molecule has 1 aliphatic carbocycles. The minimum absolute atomic E-state index is 0.0713. The number of carbonyl (C=O) groups is 3. The number of rotatable bonds is 7. The second kappa shape index (κ2) is 11.1. The predicted molar refractivity (Wildman–Crippen MR) is 147 cm³/mol. The zero-order valence-corrected chi connectivity index (χ0v) is 22.2. The van der Waals surface area contributed by atoms with Crippen LogP contribution in [0, 0.1) is 0 Å². The maximum absolute atomic E-state index is 13.5. The van der Waals surface area contributed by atoms with E-state index >= 15 is 0 Å². The average Bonchev–Trinajstić information content (AvgIpc) is 3.55. The minimum atomic E-state index is -0.871. The number of aliphatic imine (C=N–C) groups is 2. The molecular weight excluding hydrogens is 518 g/mol. The maximum atomic E-state index is 13.5. The van der Waals surface area contributed by atoms with Crippen molar-refractivity contribution in [2.75, 3.05) is 12.5 Å². The molecule has 4 aliphatic rings. The van der Waals surface area contributed by atoms with Crippen molar-refractivity contribution in [1.82, 2.24) is 15.5 Å².